The molecule has 0 aliphatic rings. The van der Waals surface area contributed by atoms with Crippen LogP contribution in [0, 0.1) is 12.7 Å². The lowest BCUT2D eigenvalue weighted by Gasteiger charge is -2.29. The number of carbonyl (C=O) groups is 2. The Labute approximate surface area is 202 Å². The summed E-state index contributed by atoms with van der Waals surface area (Å²) in [6.07, 6.45) is 2.25. The van der Waals surface area contributed by atoms with Crippen molar-refractivity contribution in [2.45, 2.75) is 52.6 Å². The lowest BCUT2D eigenvalue weighted by atomic mass is 10.1. The van der Waals surface area contributed by atoms with Crippen LogP contribution in [0.5, 0.6) is 0 Å². The summed E-state index contributed by atoms with van der Waals surface area (Å²) in [5.74, 6) is -0.927. The average molecular weight is 492 g/mol. The Hall–Kier alpha value is -2.94. The van der Waals surface area contributed by atoms with E-state index >= 15 is 0 Å². The molecule has 0 spiro atoms. The molecular weight excluding hydrogens is 457 g/mol. The van der Waals surface area contributed by atoms with Crippen LogP contribution in [-0.4, -0.2) is 50.5 Å². The van der Waals surface area contributed by atoms with E-state index in [-0.39, 0.29) is 43.6 Å². The number of halogens is 1. The van der Waals surface area contributed by atoms with Gasteiger partial charge in [-0.1, -0.05) is 31.2 Å². The number of carbonyl (C=O) groups excluding carboxylic acids is 2. The van der Waals surface area contributed by atoms with Crippen LogP contribution in [0.15, 0.2) is 48.5 Å². The summed E-state index contributed by atoms with van der Waals surface area (Å²) in [4.78, 5) is 27.2. The molecule has 0 fully saturated rings. The zero-order valence-electron chi connectivity index (χ0n) is 20.3. The van der Waals surface area contributed by atoms with Gasteiger partial charge in [0.15, 0.2) is 0 Å². The third-order valence-corrected chi connectivity index (χ3v) is 6.62. The number of hydrogen-bond donors (Lipinski definition) is 1. The SMILES string of the molecule is CCCNC(=O)C(C)N(Cc1ccc(F)cc1)C(=O)CCCN(c1cccc(C)c1)S(C)(=O)=O. The molecule has 0 heterocycles. The Kier molecular flexibility index (Phi) is 10.0. The molecule has 1 N–H and O–H groups in total. The van der Waals surface area contributed by atoms with Gasteiger partial charge >= 0.3 is 0 Å². The quantitative estimate of drug-likeness (QED) is 0.491. The van der Waals surface area contributed by atoms with Gasteiger partial charge in [0.05, 0.1) is 11.9 Å². The molecule has 9 heteroatoms. The summed E-state index contributed by atoms with van der Waals surface area (Å²) in [6.45, 7) is 6.26. The normalized spacial score (nSPS) is 12.1. The fraction of sp³-hybridized carbons (Fsp3) is 0.440. The zero-order chi connectivity index (χ0) is 25.3. The number of aryl methyl sites for hydroxylation is 1. The van der Waals surface area contributed by atoms with Crippen molar-refractivity contribution in [1.29, 1.82) is 0 Å². The van der Waals surface area contributed by atoms with Gasteiger partial charge in [-0.05, 0) is 62.1 Å². The van der Waals surface area contributed by atoms with Crippen LogP contribution < -0.4 is 9.62 Å². The van der Waals surface area contributed by atoms with Crippen molar-refractivity contribution in [3.05, 3.63) is 65.5 Å². The molecule has 2 aromatic carbocycles. The standard InChI is InChI=1S/C25H34FN3O4S/c1-5-15-27-25(31)20(3)28(18-21-11-13-22(26)14-12-21)24(30)10-7-16-29(34(4,32)33)23-9-6-8-19(2)17-23/h6,8-9,11-14,17,20H,5,7,10,15-16,18H2,1-4H3,(H,27,31). The molecule has 0 aliphatic heterocycles. The highest BCUT2D eigenvalue weighted by Crippen LogP contribution is 2.20. The van der Waals surface area contributed by atoms with Crippen molar-refractivity contribution in [2.75, 3.05) is 23.7 Å². The van der Waals surface area contributed by atoms with E-state index in [0.29, 0.717) is 17.8 Å². The van der Waals surface area contributed by atoms with Crippen LogP contribution in [0.4, 0.5) is 10.1 Å². The van der Waals surface area contributed by atoms with Gasteiger partial charge in [-0.2, -0.15) is 0 Å². The lowest BCUT2D eigenvalue weighted by Crippen LogP contribution is -2.47. The fourth-order valence-electron chi connectivity index (χ4n) is 3.55. The molecule has 186 valence electrons. The van der Waals surface area contributed by atoms with Crippen molar-refractivity contribution in [3.8, 4) is 0 Å². The van der Waals surface area contributed by atoms with Gasteiger partial charge < -0.3 is 10.2 Å². The molecule has 1 unspecified atom stereocenters. The van der Waals surface area contributed by atoms with Gasteiger partial charge in [-0.15, -0.1) is 0 Å². The van der Waals surface area contributed by atoms with Gasteiger partial charge in [-0.25, -0.2) is 12.8 Å². The van der Waals surface area contributed by atoms with E-state index in [1.165, 1.54) is 21.3 Å². The Morgan fingerprint density at radius 3 is 2.38 bits per heavy atom. The maximum atomic E-state index is 13.3. The van der Waals surface area contributed by atoms with Crippen molar-refractivity contribution >= 4 is 27.5 Å². The summed E-state index contributed by atoms with van der Waals surface area (Å²) < 4.78 is 39.3. The van der Waals surface area contributed by atoms with Gasteiger partial charge in [-0.3, -0.25) is 13.9 Å². The lowest BCUT2D eigenvalue weighted by molar-refractivity contribution is -0.140. The molecule has 0 aliphatic carbocycles. The molecule has 7 nitrogen and oxygen atoms in total. The Bertz CT molecular complexity index is 1070. The van der Waals surface area contributed by atoms with E-state index in [0.717, 1.165) is 18.2 Å². The summed E-state index contributed by atoms with van der Waals surface area (Å²) >= 11 is 0. The van der Waals surface area contributed by atoms with Gasteiger partial charge in [0.1, 0.15) is 11.9 Å². The summed E-state index contributed by atoms with van der Waals surface area (Å²) in [5, 5.41) is 2.80. The molecular formula is C25H34FN3O4S. The molecule has 0 aromatic heterocycles. The highest BCUT2D eigenvalue weighted by molar-refractivity contribution is 7.92. The molecule has 2 aromatic rings. The third kappa shape index (κ3) is 8.13. The minimum atomic E-state index is -3.54. The van der Waals surface area contributed by atoms with Crippen molar-refractivity contribution in [2.24, 2.45) is 0 Å². The predicted molar refractivity (Wildman–Crippen MR) is 132 cm³/mol. The second kappa shape index (κ2) is 12.5. The molecule has 0 radical (unpaired) electrons. The number of hydrogen-bond acceptors (Lipinski definition) is 4. The molecule has 0 saturated carbocycles. The first-order chi connectivity index (χ1) is 16.0. The third-order valence-electron chi connectivity index (χ3n) is 5.42. The second-order valence-corrected chi connectivity index (χ2v) is 10.3. The first-order valence-electron chi connectivity index (χ1n) is 11.4. The second-order valence-electron chi connectivity index (χ2n) is 8.39. The molecule has 2 amide bonds. The maximum Gasteiger partial charge on any atom is 0.242 e. The smallest absolute Gasteiger partial charge is 0.242 e. The maximum absolute atomic E-state index is 13.3. The Morgan fingerprint density at radius 2 is 1.79 bits per heavy atom. The molecule has 34 heavy (non-hydrogen) atoms. The Morgan fingerprint density at radius 1 is 1.12 bits per heavy atom. The fourth-order valence-corrected chi connectivity index (χ4v) is 4.51. The number of amides is 2. The van der Waals surface area contributed by atoms with Crippen LogP contribution in [0.2, 0.25) is 0 Å². The minimum absolute atomic E-state index is 0.0599. The highest BCUT2D eigenvalue weighted by Gasteiger charge is 2.26. The van der Waals surface area contributed by atoms with Crippen LogP contribution in [0.3, 0.4) is 0 Å². The Balaban J connectivity index is 2.14. The van der Waals surface area contributed by atoms with Crippen molar-refractivity contribution < 1.29 is 22.4 Å². The van der Waals surface area contributed by atoms with E-state index in [1.807, 2.05) is 19.9 Å². The number of sulfonamides is 1. The van der Waals surface area contributed by atoms with E-state index in [1.54, 1.807) is 37.3 Å². The molecule has 1 atom stereocenters. The van der Waals surface area contributed by atoms with Crippen molar-refractivity contribution in [3.63, 3.8) is 0 Å². The van der Waals surface area contributed by atoms with Gasteiger partial charge in [0.25, 0.3) is 0 Å². The number of rotatable bonds is 12. The first-order valence-corrected chi connectivity index (χ1v) is 13.2. The summed E-state index contributed by atoms with van der Waals surface area (Å²) in [5.41, 5.74) is 2.17. The van der Waals surface area contributed by atoms with Crippen molar-refractivity contribution in [1.82, 2.24) is 10.2 Å². The summed E-state index contributed by atoms with van der Waals surface area (Å²) in [6, 6.07) is 12.2. The van der Waals surface area contributed by atoms with Crippen LogP contribution >= 0.6 is 0 Å². The van der Waals surface area contributed by atoms with Gasteiger partial charge in [0.2, 0.25) is 21.8 Å². The van der Waals surface area contributed by atoms with E-state index in [4.69, 9.17) is 0 Å². The van der Waals surface area contributed by atoms with Gasteiger partial charge in [0, 0.05) is 26.1 Å². The van der Waals surface area contributed by atoms with E-state index < -0.39 is 16.1 Å². The van der Waals surface area contributed by atoms with E-state index in [2.05, 4.69) is 5.32 Å². The zero-order valence-corrected chi connectivity index (χ0v) is 21.1. The number of benzene rings is 2. The minimum Gasteiger partial charge on any atom is -0.354 e. The average Bonchev–Trinajstić information content (AvgIpc) is 2.78. The largest absolute Gasteiger partial charge is 0.354 e. The molecule has 2 rings (SSSR count). The number of nitrogens with one attached hydrogen (secondary N) is 1. The van der Waals surface area contributed by atoms with Crippen LogP contribution in [0.25, 0.3) is 0 Å². The molecule has 0 saturated heterocycles. The molecule has 0 bridgehead atoms. The monoisotopic (exact) mass is 491 g/mol. The number of anilines is 1. The summed E-state index contributed by atoms with van der Waals surface area (Å²) in [7, 11) is -3.54. The first kappa shape index (κ1) is 27.3. The predicted octanol–water partition coefficient (Wildman–Crippen LogP) is 3.62. The highest BCUT2D eigenvalue weighted by atomic mass is 32.2. The van der Waals surface area contributed by atoms with Crippen LogP contribution in [0.1, 0.15) is 44.2 Å². The van der Waals surface area contributed by atoms with Crippen LogP contribution in [-0.2, 0) is 26.2 Å². The number of nitrogens with zero attached hydrogens (tertiary/aromatic N) is 2. The topological polar surface area (TPSA) is 86.8 Å². The van der Waals surface area contributed by atoms with E-state index in [9.17, 15) is 22.4 Å².